The Kier molecular flexibility index (Phi) is 14.6. The predicted octanol–water partition coefficient (Wildman–Crippen LogP) is 19.0. The fourth-order valence-corrected chi connectivity index (χ4v) is 16.9. The molecule has 0 unspecified atom stereocenters. The molecular formula is C80H44N8O2Se2. The zero-order valence-corrected chi connectivity index (χ0v) is 52.0. The molecule has 428 valence electrons. The number of fused-ring (bicyclic) bond motifs is 14. The second-order valence-corrected chi connectivity index (χ2v) is 26.4. The van der Waals surface area contributed by atoms with Crippen LogP contribution >= 0.6 is 0 Å². The number of benzene rings is 10. The van der Waals surface area contributed by atoms with Gasteiger partial charge in [0, 0.05) is 0 Å². The number of aromatic nitrogens is 2. The standard InChI is InChI=1S/2C40H22N4OSe/c1-42-34(24-41)37-33(40(45)39-32-15-7-5-13-30(32)29-12-4-6-14-31(29)38(37)39)23-28-19-20-36(46-28)44(35-16-8-9-21-43-35)27-18-17-25-10-2-3-11-26(25)22-27;1-42-34(24-41)37-32(40(45)39-31-17-9-7-15-29(31)28-14-6-8-16-30(28)38(37)39)23-27-20-22-36(46-27)44(26-12-3-2-4-13-26)35-21-19-25-11-5-10-18-33(25)43-35/h2*2-23H/b33-23+,37-34+;32-23+,37-34+. The number of nitriles is 2. The number of hydrogen-bond acceptors (Lipinski definition) is 8. The summed E-state index contributed by atoms with van der Waals surface area (Å²) in [5, 5.41) is 30.9. The van der Waals surface area contributed by atoms with Gasteiger partial charge in [0.05, 0.1) is 0 Å². The average molecular weight is 1310 g/mol. The third kappa shape index (κ3) is 9.71. The maximum absolute atomic E-state index is 14.4. The number of nitrogens with zero attached hydrogens (tertiary/aromatic N) is 8. The van der Waals surface area contributed by atoms with E-state index in [1.165, 1.54) is 0 Å². The Hall–Kier alpha value is -12.1. The summed E-state index contributed by atoms with van der Waals surface area (Å²) in [6.07, 6.45) is 5.57. The second kappa shape index (κ2) is 23.8. The summed E-state index contributed by atoms with van der Waals surface area (Å²) in [7, 11) is 0. The number of Topliss-reactive ketones (excluding diaryl/α,β-unsaturated/α-hetero) is 2. The molecule has 16 rings (SSSR count). The van der Waals surface area contributed by atoms with Crippen molar-refractivity contribution in [2.75, 3.05) is 9.80 Å². The Morgan fingerprint density at radius 1 is 0.413 bits per heavy atom. The summed E-state index contributed by atoms with van der Waals surface area (Å²) in [6.45, 7) is 15.8. The van der Waals surface area contributed by atoms with Crippen molar-refractivity contribution in [3.8, 4) is 12.1 Å². The van der Waals surface area contributed by atoms with E-state index < -0.39 is 0 Å². The van der Waals surface area contributed by atoms with Crippen LogP contribution in [0.1, 0.15) is 40.7 Å². The van der Waals surface area contributed by atoms with E-state index >= 15 is 0 Å². The fourth-order valence-electron chi connectivity index (χ4n) is 12.7. The minimum absolute atomic E-state index is 0.0793. The molecule has 10 nitrogen and oxygen atoms in total. The summed E-state index contributed by atoms with van der Waals surface area (Å²) in [5.41, 5.74) is 6.80. The first kappa shape index (κ1) is 56.4. The molecule has 4 aromatic heterocycles. The van der Waals surface area contributed by atoms with Gasteiger partial charge in [0.2, 0.25) is 0 Å². The van der Waals surface area contributed by atoms with Crippen LogP contribution < -0.4 is 9.80 Å². The SMILES string of the molecule is [C-]#[N+]/C(C#N)=C1\C(=C/c2ccc(N(c3ccc4ccccc4c3)c3ccccn3)[se]2)C(=O)c2c1c1ccccc1c1ccccc21.[C-]#[N+]/C(C#N)=C1\C(=C/c2ccc(N(c3ccccc3)c3ccc4ccccc4n3)[se]2)C(=O)c2c1c1ccccc1c1ccccc21. The van der Waals surface area contributed by atoms with Gasteiger partial charge in [-0.25, -0.2) is 0 Å². The number of para-hydroxylation sites is 2. The van der Waals surface area contributed by atoms with Crippen LogP contribution in [-0.2, 0) is 0 Å². The van der Waals surface area contributed by atoms with Gasteiger partial charge >= 0.3 is 544 Å². The molecule has 0 saturated carbocycles. The van der Waals surface area contributed by atoms with Gasteiger partial charge in [-0.2, -0.15) is 0 Å². The zero-order valence-electron chi connectivity index (χ0n) is 48.6. The van der Waals surface area contributed by atoms with Crippen LogP contribution in [0.15, 0.2) is 277 Å². The van der Waals surface area contributed by atoms with Crippen molar-refractivity contribution in [1.82, 2.24) is 9.97 Å². The van der Waals surface area contributed by atoms with Crippen LogP contribution in [0.2, 0.25) is 0 Å². The molecule has 4 heterocycles. The Bertz CT molecular complexity index is 5380. The van der Waals surface area contributed by atoms with Crippen LogP contribution in [0.25, 0.3) is 97.8 Å². The van der Waals surface area contributed by atoms with E-state index in [1.807, 2.05) is 194 Å². The predicted molar refractivity (Wildman–Crippen MR) is 373 cm³/mol. The summed E-state index contributed by atoms with van der Waals surface area (Å²) in [5.74, 6) is 1.29. The van der Waals surface area contributed by atoms with Crippen molar-refractivity contribution in [3.63, 3.8) is 0 Å². The Morgan fingerprint density at radius 2 is 0.848 bits per heavy atom. The molecule has 92 heavy (non-hydrogen) atoms. The maximum atomic E-state index is 14.4. The van der Waals surface area contributed by atoms with Gasteiger partial charge in [0.1, 0.15) is 0 Å². The van der Waals surface area contributed by atoms with E-state index in [-0.39, 0.29) is 52.0 Å². The molecule has 0 saturated heterocycles. The van der Waals surface area contributed by atoms with Crippen molar-refractivity contribution in [1.29, 1.82) is 10.5 Å². The molecule has 2 aliphatic carbocycles. The van der Waals surface area contributed by atoms with E-state index in [1.54, 1.807) is 6.20 Å². The van der Waals surface area contributed by atoms with Crippen molar-refractivity contribution in [2.24, 2.45) is 0 Å². The molecule has 0 spiro atoms. The summed E-state index contributed by atoms with van der Waals surface area (Å²) >= 11 is -0.406. The first-order chi connectivity index (χ1) is 45.3. The topological polar surface area (TPSA) is 123 Å². The number of carbonyl (C=O) groups excluding carboxylic acids is 2. The van der Waals surface area contributed by atoms with E-state index in [4.69, 9.17) is 18.1 Å². The molecular weight excluding hydrogens is 1260 g/mol. The second-order valence-electron chi connectivity index (χ2n) is 21.8. The molecule has 0 radical (unpaired) electrons. The zero-order chi connectivity index (χ0) is 62.4. The molecule has 0 amide bonds. The van der Waals surface area contributed by atoms with Crippen LogP contribution in [-0.4, -0.2) is 50.5 Å². The Labute approximate surface area is 540 Å². The first-order valence-electron chi connectivity index (χ1n) is 29.4. The third-order valence-electron chi connectivity index (χ3n) is 16.7. The molecule has 0 aliphatic heterocycles. The quantitative estimate of drug-likeness (QED) is 0.0485. The number of rotatable bonds is 8. The van der Waals surface area contributed by atoms with Crippen LogP contribution in [0, 0.1) is 35.8 Å². The number of hydrogen-bond donors (Lipinski definition) is 0. The monoisotopic (exact) mass is 1310 g/mol. The van der Waals surface area contributed by atoms with Gasteiger partial charge in [-0.3, -0.25) is 0 Å². The van der Waals surface area contributed by atoms with Crippen molar-refractivity contribution < 1.29 is 9.59 Å². The van der Waals surface area contributed by atoms with E-state index in [9.17, 15) is 20.1 Å². The normalized spacial score (nSPS) is 14.4. The Morgan fingerprint density at radius 3 is 1.35 bits per heavy atom. The van der Waals surface area contributed by atoms with Crippen LogP contribution in [0.5, 0.6) is 0 Å². The Balaban J connectivity index is 0.000000153. The molecule has 0 bridgehead atoms. The molecule has 10 aromatic carbocycles. The van der Waals surface area contributed by atoms with E-state index in [2.05, 4.69) is 103 Å². The fraction of sp³-hybridized carbons (Fsp3) is 0. The number of anilines is 6. The van der Waals surface area contributed by atoms with E-state index in [0.717, 1.165) is 106 Å². The number of ketones is 2. The van der Waals surface area contributed by atoms with Crippen LogP contribution in [0.4, 0.5) is 32.1 Å². The van der Waals surface area contributed by atoms with Gasteiger partial charge in [0.25, 0.3) is 0 Å². The van der Waals surface area contributed by atoms with E-state index in [0.29, 0.717) is 44.5 Å². The molecule has 2 aliphatic rings. The van der Waals surface area contributed by atoms with Gasteiger partial charge in [-0.05, 0) is 0 Å². The third-order valence-corrected chi connectivity index (χ3v) is 21.0. The van der Waals surface area contributed by atoms with Gasteiger partial charge in [-0.1, -0.05) is 0 Å². The average Bonchev–Trinajstić information content (AvgIpc) is 1.54. The summed E-state index contributed by atoms with van der Waals surface area (Å²) < 4.78 is 4.05. The van der Waals surface area contributed by atoms with Crippen molar-refractivity contribution in [3.05, 3.63) is 331 Å². The minimum atomic E-state index is -0.203. The van der Waals surface area contributed by atoms with Gasteiger partial charge < -0.3 is 0 Å². The number of pyridine rings is 2. The molecule has 0 atom stereocenters. The van der Waals surface area contributed by atoms with Crippen molar-refractivity contribution in [2.45, 2.75) is 0 Å². The van der Waals surface area contributed by atoms with Gasteiger partial charge in [0.15, 0.2) is 0 Å². The molecule has 14 aromatic rings. The molecule has 0 fully saturated rings. The molecule has 0 N–H and O–H groups in total. The molecule has 12 heteroatoms. The van der Waals surface area contributed by atoms with Crippen LogP contribution in [0.3, 0.4) is 0 Å². The first-order valence-corrected chi connectivity index (χ1v) is 32.8. The number of carbonyl (C=O) groups is 2. The summed E-state index contributed by atoms with van der Waals surface area (Å²) in [6, 6.07) is 86.8. The number of allylic oxidation sites excluding steroid dienone is 6. The summed E-state index contributed by atoms with van der Waals surface area (Å²) in [4.78, 5) is 50.0. The van der Waals surface area contributed by atoms with Crippen molar-refractivity contribution >= 4 is 161 Å². The van der Waals surface area contributed by atoms with Gasteiger partial charge in [-0.15, -0.1) is 0 Å².